The molecule has 1 atom stereocenters. The van der Waals surface area contributed by atoms with E-state index < -0.39 is 0 Å². The third-order valence-corrected chi connectivity index (χ3v) is 4.22. The van der Waals surface area contributed by atoms with Crippen LogP contribution in [0.5, 0.6) is 0 Å². The van der Waals surface area contributed by atoms with Gasteiger partial charge in [-0.3, -0.25) is 4.57 Å². The van der Waals surface area contributed by atoms with Gasteiger partial charge in [-0.2, -0.15) is 4.98 Å². The number of aromatic nitrogens is 5. The van der Waals surface area contributed by atoms with Crippen molar-refractivity contribution in [2.75, 3.05) is 11.4 Å². The number of rotatable bonds is 3. The van der Waals surface area contributed by atoms with Gasteiger partial charge in [0.2, 0.25) is 5.28 Å². The fourth-order valence-corrected chi connectivity index (χ4v) is 2.99. The quantitative estimate of drug-likeness (QED) is 0.812. The van der Waals surface area contributed by atoms with Gasteiger partial charge in [-0.25, -0.2) is 4.98 Å². The van der Waals surface area contributed by atoms with Crippen LogP contribution >= 0.6 is 11.6 Å². The molecular formula is C13H15ClN6. The molecule has 0 amide bonds. The Balaban J connectivity index is 1.88. The first-order valence-corrected chi connectivity index (χ1v) is 7.35. The fraction of sp³-hybridized carbons (Fsp3) is 0.538. The van der Waals surface area contributed by atoms with Crippen LogP contribution in [0.3, 0.4) is 0 Å². The lowest BCUT2D eigenvalue weighted by atomic mass is 10.1. The zero-order chi connectivity index (χ0) is 13.7. The topological polar surface area (TPSA) is 59.7 Å². The molecule has 6 nitrogen and oxygen atoms in total. The van der Waals surface area contributed by atoms with Crippen LogP contribution in [0.4, 0.5) is 5.82 Å². The molecule has 1 fully saturated rings. The lowest BCUT2D eigenvalue weighted by molar-refractivity contribution is 0.522. The first-order chi connectivity index (χ1) is 9.78. The Bertz CT molecular complexity index is 650. The van der Waals surface area contributed by atoms with Crippen LogP contribution in [0.2, 0.25) is 5.28 Å². The largest absolute Gasteiger partial charge is 0.344 e. The molecule has 1 aliphatic heterocycles. The van der Waals surface area contributed by atoms with E-state index in [1.165, 1.54) is 12.8 Å². The molecule has 0 N–H and O–H groups in total. The number of fused-ring (bicyclic) bond motifs is 3. The molecule has 0 spiro atoms. The monoisotopic (exact) mass is 290 g/mol. The molecule has 0 bridgehead atoms. The summed E-state index contributed by atoms with van der Waals surface area (Å²) in [5.74, 6) is 2.63. The van der Waals surface area contributed by atoms with Crippen molar-refractivity contribution in [3.63, 3.8) is 0 Å². The van der Waals surface area contributed by atoms with E-state index in [1.54, 1.807) is 12.5 Å². The molecular weight excluding hydrogens is 276 g/mol. The number of nitrogens with zero attached hydrogens (tertiary/aromatic N) is 6. The average molecular weight is 291 g/mol. The molecule has 7 heteroatoms. The van der Waals surface area contributed by atoms with Gasteiger partial charge in [0.1, 0.15) is 12.0 Å². The molecule has 2 aliphatic rings. The summed E-state index contributed by atoms with van der Waals surface area (Å²) in [6.07, 6.45) is 7.04. The average Bonchev–Trinajstić information content (AvgIpc) is 3.13. The van der Waals surface area contributed by atoms with Crippen LogP contribution in [-0.4, -0.2) is 31.3 Å². The SMILES string of the molecule is CCC1c2nncn2-c2cnc(Cl)nc2N1CC1CC1. The molecule has 1 unspecified atom stereocenters. The Kier molecular flexibility index (Phi) is 2.66. The maximum atomic E-state index is 6.00. The van der Waals surface area contributed by atoms with Crippen molar-refractivity contribution >= 4 is 17.4 Å². The van der Waals surface area contributed by atoms with Crippen molar-refractivity contribution in [2.45, 2.75) is 32.2 Å². The minimum Gasteiger partial charge on any atom is -0.344 e. The van der Waals surface area contributed by atoms with Crippen molar-refractivity contribution in [2.24, 2.45) is 5.92 Å². The Hall–Kier alpha value is -1.69. The Morgan fingerprint density at radius 2 is 2.25 bits per heavy atom. The van der Waals surface area contributed by atoms with Gasteiger partial charge >= 0.3 is 0 Å². The lowest BCUT2D eigenvalue weighted by Gasteiger charge is -2.36. The minimum absolute atomic E-state index is 0.205. The normalized spacial score (nSPS) is 20.7. The van der Waals surface area contributed by atoms with E-state index in [9.17, 15) is 0 Å². The van der Waals surface area contributed by atoms with E-state index in [-0.39, 0.29) is 11.3 Å². The molecule has 1 aliphatic carbocycles. The molecule has 2 aromatic rings. The number of anilines is 1. The summed E-state index contributed by atoms with van der Waals surface area (Å²) >= 11 is 6.00. The predicted octanol–water partition coefficient (Wildman–Crippen LogP) is 2.39. The Morgan fingerprint density at radius 3 is 3.00 bits per heavy atom. The highest BCUT2D eigenvalue weighted by atomic mass is 35.5. The van der Waals surface area contributed by atoms with Crippen LogP contribution < -0.4 is 4.90 Å². The van der Waals surface area contributed by atoms with Gasteiger partial charge in [0.25, 0.3) is 0 Å². The lowest BCUT2D eigenvalue weighted by Crippen LogP contribution is -2.37. The van der Waals surface area contributed by atoms with Gasteiger partial charge in [0.05, 0.1) is 12.2 Å². The highest BCUT2D eigenvalue weighted by molar-refractivity contribution is 6.28. The summed E-state index contributed by atoms with van der Waals surface area (Å²) in [5, 5.41) is 8.63. The molecule has 4 rings (SSSR count). The third-order valence-electron chi connectivity index (χ3n) is 4.04. The van der Waals surface area contributed by atoms with Crippen molar-refractivity contribution in [3.8, 4) is 5.69 Å². The predicted molar refractivity (Wildman–Crippen MR) is 75.1 cm³/mol. The van der Waals surface area contributed by atoms with Crippen molar-refractivity contribution in [1.29, 1.82) is 0 Å². The number of halogens is 1. The zero-order valence-corrected chi connectivity index (χ0v) is 12.0. The van der Waals surface area contributed by atoms with Crippen LogP contribution in [0.1, 0.15) is 38.1 Å². The summed E-state index contributed by atoms with van der Waals surface area (Å²) in [6, 6.07) is 0.205. The highest BCUT2D eigenvalue weighted by Gasteiger charge is 2.36. The zero-order valence-electron chi connectivity index (χ0n) is 11.2. The summed E-state index contributed by atoms with van der Waals surface area (Å²) in [5.41, 5.74) is 0.916. The molecule has 0 aromatic carbocycles. The standard InChI is InChI=1S/C13H15ClN6/c1-2-9-12-18-16-7-20(12)10-5-15-13(14)17-11(10)19(9)6-8-3-4-8/h5,7-9H,2-4,6H2,1H3. The molecule has 3 heterocycles. The smallest absolute Gasteiger partial charge is 0.224 e. The molecule has 1 saturated carbocycles. The van der Waals surface area contributed by atoms with E-state index in [0.29, 0.717) is 0 Å². The summed E-state index contributed by atoms with van der Waals surface area (Å²) < 4.78 is 1.98. The van der Waals surface area contributed by atoms with Gasteiger partial charge in [-0.15, -0.1) is 10.2 Å². The van der Waals surface area contributed by atoms with Gasteiger partial charge in [0.15, 0.2) is 11.6 Å². The molecule has 104 valence electrons. The van der Waals surface area contributed by atoms with Crippen molar-refractivity contribution in [1.82, 2.24) is 24.7 Å². The number of hydrogen-bond acceptors (Lipinski definition) is 5. The molecule has 20 heavy (non-hydrogen) atoms. The van der Waals surface area contributed by atoms with Gasteiger partial charge in [-0.05, 0) is 36.8 Å². The Labute approximate surface area is 121 Å². The van der Waals surface area contributed by atoms with Crippen LogP contribution in [0.15, 0.2) is 12.5 Å². The Morgan fingerprint density at radius 1 is 1.40 bits per heavy atom. The fourth-order valence-electron chi connectivity index (χ4n) is 2.87. The van der Waals surface area contributed by atoms with E-state index >= 15 is 0 Å². The van der Waals surface area contributed by atoms with Crippen molar-refractivity contribution < 1.29 is 0 Å². The van der Waals surface area contributed by atoms with E-state index in [0.717, 1.165) is 36.2 Å². The highest BCUT2D eigenvalue weighted by Crippen LogP contribution is 2.41. The summed E-state index contributed by atoms with van der Waals surface area (Å²) in [7, 11) is 0. The van der Waals surface area contributed by atoms with Crippen LogP contribution in [0.25, 0.3) is 5.69 Å². The maximum Gasteiger partial charge on any atom is 0.224 e. The molecule has 2 aromatic heterocycles. The van der Waals surface area contributed by atoms with E-state index in [2.05, 4.69) is 32.0 Å². The van der Waals surface area contributed by atoms with E-state index in [1.807, 2.05) is 4.57 Å². The first kappa shape index (κ1) is 12.1. The third kappa shape index (κ3) is 1.78. The van der Waals surface area contributed by atoms with Gasteiger partial charge in [-0.1, -0.05) is 6.92 Å². The summed E-state index contributed by atoms with van der Waals surface area (Å²) in [6.45, 7) is 3.17. The van der Waals surface area contributed by atoms with Gasteiger partial charge in [0, 0.05) is 6.54 Å². The first-order valence-electron chi connectivity index (χ1n) is 6.97. The van der Waals surface area contributed by atoms with Crippen LogP contribution in [0, 0.1) is 5.92 Å². The second-order valence-corrected chi connectivity index (χ2v) is 5.76. The second kappa shape index (κ2) is 4.41. The van der Waals surface area contributed by atoms with Crippen molar-refractivity contribution in [3.05, 3.63) is 23.6 Å². The second-order valence-electron chi connectivity index (χ2n) is 5.43. The maximum absolute atomic E-state index is 6.00. The molecule has 0 saturated heterocycles. The minimum atomic E-state index is 0.205. The summed E-state index contributed by atoms with van der Waals surface area (Å²) in [4.78, 5) is 10.9. The van der Waals surface area contributed by atoms with E-state index in [4.69, 9.17) is 11.6 Å². The molecule has 0 radical (unpaired) electrons. The number of hydrogen-bond donors (Lipinski definition) is 0. The van der Waals surface area contributed by atoms with Crippen LogP contribution in [-0.2, 0) is 0 Å². The van der Waals surface area contributed by atoms with Gasteiger partial charge < -0.3 is 4.90 Å².